The van der Waals surface area contributed by atoms with E-state index < -0.39 is 10.1 Å². The molecule has 0 saturated heterocycles. The fourth-order valence-electron chi connectivity index (χ4n) is 3.44. The van der Waals surface area contributed by atoms with E-state index in [1.165, 1.54) is 83.1 Å². The Morgan fingerprint density at radius 1 is 0.733 bits per heavy atom. The van der Waals surface area contributed by atoms with Crippen molar-refractivity contribution in [2.45, 2.75) is 95.3 Å². The van der Waals surface area contributed by atoms with Gasteiger partial charge in [-0.2, -0.15) is 14.8 Å². The summed E-state index contributed by atoms with van der Waals surface area (Å²) >= 11 is 0. The van der Waals surface area contributed by atoms with E-state index in [-0.39, 0.29) is 34.5 Å². The molecule has 1 N–H and O–H groups in total. The van der Waals surface area contributed by atoms with Crippen molar-refractivity contribution in [3.8, 4) is 0 Å². The molecular formula is C25H39NaO3S. The maximum Gasteiger partial charge on any atom is 1.00 e. The molecule has 0 amide bonds. The first-order valence-electron chi connectivity index (χ1n) is 11.2. The van der Waals surface area contributed by atoms with Gasteiger partial charge in [0.25, 0.3) is 10.1 Å². The summed E-state index contributed by atoms with van der Waals surface area (Å²) in [6.07, 6.45) is 18.3. The molecule has 2 aromatic rings. The van der Waals surface area contributed by atoms with Crippen molar-refractivity contribution in [3.05, 3.63) is 49.4 Å². The van der Waals surface area contributed by atoms with Crippen LogP contribution >= 0.6 is 0 Å². The fourth-order valence-corrected chi connectivity index (χ4v) is 4.15. The van der Waals surface area contributed by atoms with Crippen molar-refractivity contribution < 1.29 is 42.5 Å². The predicted molar refractivity (Wildman–Crippen MR) is 125 cm³/mol. The van der Waals surface area contributed by atoms with Crippen molar-refractivity contribution >= 4 is 20.9 Å². The van der Waals surface area contributed by atoms with E-state index >= 15 is 0 Å². The molecule has 0 bridgehead atoms. The molecule has 5 heteroatoms. The molecule has 0 radical (unpaired) electrons. The van der Waals surface area contributed by atoms with Crippen LogP contribution in [0.5, 0.6) is 0 Å². The zero-order valence-electron chi connectivity index (χ0n) is 19.1. The topological polar surface area (TPSA) is 54.4 Å². The number of hydrogen-bond donors (Lipinski definition) is 1. The fraction of sp³-hybridized carbons (Fsp3) is 0.560. The van der Waals surface area contributed by atoms with Crippen molar-refractivity contribution in [1.82, 2.24) is 0 Å². The van der Waals surface area contributed by atoms with Crippen LogP contribution < -0.4 is 29.6 Å². The number of fused-ring (bicyclic) bond motifs is 1. The van der Waals surface area contributed by atoms with Gasteiger partial charge in [-0.3, -0.25) is 4.55 Å². The van der Waals surface area contributed by atoms with Crippen LogP contribution in [0.3, 0.4) is 0 Å². The van der Waals surface area contributed by atoms with Crippen molar-refractivity contribution in [1.29, 1.82) is 0 Å². The Labute approximate surface area is 207 Å². The van der Waals surface area contributed by atoms with Crippen LogP contribution in [0, 0.1) is 6.92 Å². The van der Waals surface area contributed by atoms with Crippen LogP contribution in [0.1, 0.15) is 90.4 Å². The average molecular weight is 443 g/mol. The summed E-state index contributed by atoms with van der Waals surface area (Å²) in [6, 6.07) is 11.8. The first kappa shape index (κ1) is 29.6. The van der Waals surface area contributed by atoms with E-state index in [1.54, 1.807) is 30.3 Å². The van der Waals surface area contributed by atoms with E-state index in [1.807, 2.05) is 6.07 Å². The van der Waals surface area contributed by atoms with Crippen LogP contribution in [0.4, 0.5) is 0 Å². The second-order valence-electron chi connectivity index (χ2n) is 7.69. The van der Waals surface area contributed by atoms with Crippen molar-refractivity contribution in [3.63, 3.8) is 0 Å². The summed E-state index contributed by atoms with van der Waals surface area (Å²) in [7, 11) is -4.13. The Morgan fingerprint density at radius 3 is 1.70 bits per heavy atom. The standard InChI is InChI=1S/C15H31.C10H8O3S.Na/c1-3-5-7-9-11-13-15-14-12-10-8-6-4-2;11-14(12,13)10-7-3-5-8-4-1-2-6-9(8)10;/h1,3-15H2,2H3;1-7H,(H,11,12,13);/q-1;;+1. The van der Waals surface area contributed by atoms with Crippen LogP contribution in [-0.4, -0.2) is 13.0 Å². The van der Waals surface area contributed by atoms with Gasteiger partial charge in [-0.25, -0.2) is 0 Å². The largest absolute Gasteiger partial charge is 1.00 e. The Hall–Kier alpha value is -0.390. The quantitative estimate of drug-likeness (QED) is 0.205. The third-order valence-corrected chi connectivity index (χ3v) is 6.04. The first-order valence-corrected chi connectivity index (χ1v) is 12.7. The van der Waals surface area contributed by atoms with Gasteiger partial charge in [-0.1, -0.05) is 120 Å². The van der Waals surface area contributed by atoms with Gasteiger partial charge in [0, 0.05) is 5.39 Å². The Balaban J connectivity index is 0.000000543. The molecule has 0 aliphatic carbocycles. The zero-order valence-corrected chi connectivity index (χ0v) is 21.9. The summed E-state index contributed by atoms with van der Waals surface area (Å²) in [5, 5.41) is 1.33. The molecule has 164 valence electrons. The Morgan fingerprint density at radius 2 is 1.20 bits per heavy atom. The van der Waals surface area contributed by atoms with Gasteiger partial charge in [0.15, 0.2) is 0 Å². The van der Waals surface area contributed by atoms with E-state index in [0.29, 0.717) is 5.39 Å². The third kappa shape index (κ3) is 13.1. The molecule has 0 heterocycles. The van der Waals surface area contributed by atoms with E-state index in [0.717, 1.165) is 11.8 Å². The van der Waals surface area contributed by atoms with Gasteiger partial charge >= 0.3 is 29.6 Å². The SMILES string of the molecule is O=S(=O)(O)c1cccc2ccccc12.[CH2-]CCCCCCCCCCCCCC.[Na+]. The Bertz CT molecular complexity index is 758. The summed E-state index contributed by atoms with van der Waals surface area (Å²) in [5.41, 5.74) is 0. The molecule has 0 aliphatic rings. The normalized spacial score (nSPS) is 10.9. The van der Waals surface area contributed by atoms with Gasteiger partial charge in [-0.15, -0.1) is 0 Å². The molecular weight excluding hydrogens is 403 g/mol. The molecule has 0 unspecified atom stereocenters. The molecule has 0 aromatic heterocycles. The molecule has 2 aromatic carbocycles. The van der Waals surface area contributed by atoms with Gasteiger partial charge < -0.3 is 6.92 Å². The summed E-state index contributed by atoms with van der Waals surface area (Å²) in [6.45, 7) is 6.15. The molecule has 0 saturated carbocycles. The second kappa shape index (κ2) is 18.2. The second-order valence-corrected chi connectivity index (χ2v) is 9.08. The average Bonchev–Trinajstić information content (AvgIpc) is 2.71. The summed E-state index contributed by atoms with van der Waals surface area (Å²) in [4.78, 5) is -0.0457. The van der Waals surface area contributed by atoms with E-state index in [2.05, 4.69) is 13.8 Å². The molecule has 0 fully saturated rings. The minimum Gasteiger partial charge on any atom is -0.343 e. The van der Waals surface area contributed by atoms with Crippen molar-refractivity contribution in [2.24, 2.45) is 0 Å². The maximum atomic E-state index is 11.0. The molecule has 3 nitrogen and oxygen atoms in total. The van der Waals surface area contributed by atoms with E-state index in [4.69, 9.17) is 4.55 Å². The Kier molecular flexibility index (Phi) is 18.0. The minimum atomic E-state index is -4.13. The molecule has 0 aliphatic heterocycles. The summed E-state index contributed by atoms with van der Waals surface area (Å²) < 4.78 is 31.0. The minimum absolute atomic E-state index is 0. The van der Waals surface area contributed by atoms with Crippen LogP contribution in [0.25, 0.3) is 10.8 Å². The predicted octanol–water partition coefficient (Wildman–Crippen LogP) is 5.00. The van der Waals surface area contributed by atoms with Crippen LogP contribution in [0.2, 0.25) is 0 Å². The zero-order chi connectivity index (χ0) is 21.4. The maximum absolute atomic E-state index is 11.0. The number of rotatable bonds is 13. The van der Waals surface area contributed by atoms with Gasteiger partial charge in [0.05, 0.1) is 0 Å². The van der Waals surface area contributed by atoms with E-state index in [9.17, 15) is 8.42 Å². The molecule has 0 spiro atoms. The molecule has 2 rings (SSSR count). The number of hydrogen-bond acceptors (Lipinski definition) is 2. The molecule has 30 heavy (non-hydrogen) atoms. The summed E-state index contributed by atoms with van der Waals surface area (Å²) in [5.74, 6) is 0. The van der Waals surface area contributed by atoms with Gasteiger partial charge in [-0.05, 0) is 11.5 Å². The van der Waals surface area contributed by atoms with Crippen LogP contribution in [0.15, 0.2) is 47.4 Å². The van der Waals surface area contributed by atoms with Gasteiger partial charge in [0.1, 0.15) is 4.90 Å². The number of unbranched alkanes of at least 4 members (excludes halogenated alkanes) is 12. The van der Waals surface area contributed by atoms with Gasteiger partial charge in [0.2, 0.25) is 0 Å². The third-order valence-electron chi connectivity index (χ3n) is 5.13. The number of benzene rings is 2. The first-order chi connectivity index (χ1) is 14.0. The monoisotopic (exact) mass is 442 g/mol. The van der Waals surface area contributed by atoms with Crippen LogP contribution in [-0.2, 0) is 10.1 Å². The smallest absolute Gasteiger partial charge is 0.343 e. The molecule has 0 atom stereocenters. The van der Waals surface area contributed by atoms with Crippen molar-refractivity contribution in [2.75, 3.05) is 0 Å².